The first kappa shape index (κ1) is 24.5. The molecule has 0 bridgehead atoms. The highest BCUT2D eigenvalue weighted by atomic mass is 16.2. The van der Waals surface area contributed by atoms with Gasteiger partial charge in [0, 0.05) is 51.8 Å². The van der Waals surface area contributed by atoms with Crippen LogP contribution in [0.2, 0.25) is 0 Å². The summed E-state index contributed by atoms with van der Waals surface area (Å²) in [6.07, 6.45) is 1.01. The number of nitrogens with zero attached hydrogens (tertiary/aromatic N) is 4. The first-order chi connectivity index (χ1) is 15.8. The number of hydrogen-bond acceptors (Lipinski definition) is 4. The maximum atomic E-state index is 13.2. The topological polar surface area (TPSA) is 87.5 Å². The first-order valence-corrected chi connectivity index (χ1v) is 11.8. The van der Waals surface area contributed by atoms with E-state index in [0.29, 0.717) is 50.9 Å². The van der Waals surface area contributed by atoms with Gasteiger partial charge in [0.25, 0.3) is 11.8 Å². The average molecular weight is 454 g/mol. The van der Waals surface area contributed by atoms with Crippen LogP contribution in [0.4, 0.5) is 0 Å². The van der Waals surface area contributed by atoms with Crippen molar-refractivity contribution in [2.45, 2.75) is 53.6 Å². The molecule has 2 heterocycles. The van der Waals surface area contributed by atoms with Crippen LogP contribution in [0.1, 0.15) is 65.7 Å². The van der Waals surface area contributed by atoms with Gasteiger partial charge in [-0.15, -0.1) is 0 Å². The van der Waals surface area contributed by atoms with Gasteiger partial charge in [0.05, 0.1) is 0 Å². The Hall–Kier alpha value is -3.16. The van der Waals surface area contributed by atoms with Crippen molar-refractivity contribution in [1.82, 2.24) is 24.9 Å². The second kappa shape index (κ2) is 11.1. The van der Waals surface area contributed by atoms with Gasteiger partial charge in [-0.05, 0) is 31.7 Å². The molecule has 0 unspecified atom stereocenters. The number of aryl methyl sites for hydroxylation is 2. The van der Waals surface area contributed by atoms with Crippen LogP contribution in [0, 0.1) is 12.8 Å². The Morgan fingerprint density at radius 1 is 1.18 bits per heavy atom. The maximum Gasteiger partial charge on any atom is 0.274 e. The molecule has 1 aromatic carbocycles. The highest BCUT2D eigenvalue weighted by Gasteiger charge is 2.27. The van der Waals surface area contributed by atoms with Crippen LogP contribution >= 0.6 is 0 Å². The van der Waals surface area contributed by atoms with Crippen molar-refractivity contribution in [3.05, 3.63) is 52.8 Å². The van der Waals surface area contributed by atoms with E-state index in [2.05, 4.69) is 10.4 Å². The molecule has 1 aliphatic heterocycles. The molecule has 2 aromatic rings. The molecule has 8 nitrogen and oxygen atoms in total. The zero-order valence-electron chi connectivity index (χ0n) is 20.1. The van der Waals surface area contributed by atoms with Gasteiger partial charge in [-0.25, -0.2) is 0 Å². The summed E-state index contributed by atoms with van der Waals surface area (Å²) in [5, 5.41) is 7.32. The van der Waals surface area contributed by atoms with Crippen molar-refractivity contribution in [3.63, 3.8) is 0 Å². The normalized spacial score (nSPS) is 13.6. The lowest BCUT2D eigenvalue weighted by Crippen LogP contribution is -2.36. The molecule has 1 aromatic heterocycles. The van der Waals surface area contributed by atoms with Crippen molar-refractivity contribution < 1.29 is 14.4 Å². The summed E-state index contributed by atoms with van der Waals surface area (Å²) >= 11 is 0. The minimum absolute atomic E-state index is 0.0718. The van der Waals surface area contributed by atoms with Crippen molar-refractivity contribution in [2.75, 3.05) is 26.2 Å². The number of carbonyl (C=O) groups is 3. The van der Waals surface area contributed by atoms with E-state index in [1.807, 2.05) is 56.9 Å². The van der Waals surface area contributed by atoms with Crippen molar-refractivity contribution in [2.24, 2.45) is 5.92 Å². The molecule has 0 atom stereocenters. The molecular weight excluding hydrogens is 418 g/mol. The van der Waals surface area contributed by atoms with E-state index in [4.69, 9.17) is 0 Å². The van der Waals surface area contributed by atoms with Crippen molar-refractivity contribution >= 4 is 17.7 Å². The Labute approximate surface area is 195 Å². The van der Waals surface area contributed by atoms with Gasteiger partial charge in [0.1, 0.15) is 5.69 Å². The number of rotatable bonds is 9. The second-order valence-electron chi connectivity index (χ2n) is 9.04. The van der Waals surface area contributed by atoms with E-state index < -0.39 is 0 Å². The summed E-state index contributed by atoms with van der Waals surface area (Å²) in [7, 11) is 0. The standard InChI is InChI=1S/C25H35N5O3/c1-5-28(14-11-23(31)26-16-18(2)3)24(32)21-15-22-25(33)29(12-6-13-30(22)27-21)17-20-9-7-19(4)8-10-20/h7-10,15,18H,5-6,11-14,16-17H2,1-4H3,(H,26,31). The molecule has 1 N–H and O–H groups in total. The Morgan fingerprint density at radius 2 is 1.91 bits per heavy atom. The highest BCUT2D eigenvalue weighted by molar-refractivity contribution is 5.98. The molecule has 3 amide bonds. The molecule has 33 heavy (non-hydrogen) atoms. The van der Waals surface area contributed by atoms with Gasteiger partial charge in [0.15, 0.2) is 5.69 Å². The summed E-state index contributed by atoms with van der Waals surface area (Å²) in [4.78, 5) is 41.7. The van der Waals surface area contributed by atoms with E-state index >= 15 is 0 Å². The predicted octanol–water partition coefficient (Wildman–Crippen LogP) is 2.86. The van der Waals surface area contributed by atoms with Gasteiger partial charge >= 0.3 is 0 Å². The number of amides is 3. The second-order valence-corrected chi connectivity index (χ2v) is 9.04. The van der Waals surface area contributed by atoms with E-state index in [0.717, 1.165) is 12.0 Å². The summed E-state index contributed by atoms with van der Waals surface area (Å²) < 4.78 is 1.65. The summed E-state index contributed by atoms with van der Waals surface area (Å²) in [6.45, 7) is 11.1. The summed E-state index contributed by atoms with van der Waals surface area (Å²) in [6, 6.07) is 9.76. The van der Waals surface area contributed by atoms with E-state index in [1.165, 1.54) is 5.56 Å². The van der Waals surface area contributed by atoms with Gasteiger partial charge in [-0.1, -0.05) is 43.7 Å². The number of aromatic nitrogens is 2. The smallest absolute Gasteiger partial charge is 0.274 e. The molecule has 0 aliphatic carbocycles. The highest BCUT2D eigenvalue weighted by Crippen LogP contribution is 2.18. The first-order valence-electron chi connectivity index (χ1n) is 11.8. The van der Waals surface area contributed by atoms with E-state index in [-0.39, 0.29) is 29.8 Å². The minimum atomic E-state index is -0.257. The molecule has 0 spiro atoms. The van der Waals surface area contributed by atoms with Crippen molar-refractivity contribution in [3.8, 4) is 0 Å². The summed E-state index contributed by atoms with van der Waals surface area (Å²) in [5.74, 6) is -0.0669. The zero-order chi connectivity index (χ0) is 24.0. The molecule has 0 saturated carbocycles. The number of carbonyl (C=O) groups excluding carboxylic acids is 3. The van der Waals surface area contributed by atoms with E-state index in [1.54, 1.807) is 15.6 Å². The number of fused-ring (bicyclic) bond motifs is 1. The lowest BCUT2D eigenvalue weighted by atomic mass is 10.1. The third-order valence-corrected chi connectivity index (χ3v) is 5.78. The molecule has 0 radical (unpaired) electrons. The average Bonchev–Trinajstić information content (AvgIpc) is 3.16. The van der Waals surface area contributed by atoms with Crippen LogP contribution < -0.4 is 5.32 Å². The summed E-state index contributed by atoms with van der Waals surface area (Å²) in [5.41, 5.74) is 2.94. The number of benzene rings is 1. The molecule has 178 valence electrons. The van der Waals surface area contributed by atoms with Crippen LogP contribution in [0.15, 0.2) is 30.3 Å². The lowest BCUT2D eigenvalue weighted by Gasteiger charge is -2.20. The van der Waals surface area contributed by atoms with Crippen LogP contribution in [0.5, 0.6) is 0 Å². The molecule has 3 rings (SSSR count). The Bertz CT molecular complexity index is 980. The molecule has 0 fully saturated rings. The maximum absolute atomic E-state index is 13.2. The molecular formula is C25H35N5O3. The van der Waals surface area contributed by atoms with Gasteiger partial charge in [-0.3, -0.25) is 19.1 Å². The number of hydrogen-bond donors (Lipinski definition) is 1. The third kappa shape index (κ3) is 6.43. The SMILES string of the molecule is CCN(CCC(=O)NCC(C)C)C(=O)c1cc2n(n1)CCCN(Cc1ccc(C)cc1)C2=O. The van der Waals surface area contributed by atoms with Crippen molar-refractivity contribution in [1.29, 1.82) is 0 Å². The fraction of sp³-hybridized carbons (Fsp3) is 0.520. The number of nitrogens with one attached hydrogen (secondary N) is 1. The lowest BCUT2D eigenvalue weighted by molar-refractivity contribution is -0.121. The van der Waals surface area contributed by atoms with Crippen LogP contribution in [-0.4, -0.2) is 63.5 Å². The molecule has 8 heteroatoms. The predicted molar refractivity (Wildman–Crippen MR) is 127 cm³/mol. The quantitative estimate of drug-likeness (QED) is 0.632. The molecule has 0 saturated heterocycles. The van der Waals surface area contributed by atoms with E-state index in [9.17, 15) is 14.4 Å². The van der Waals surface area contributed by atoms with Crippen LogP contribution in [0.3, 0.4) is 0 Å². The van der Waals surface area contributed by atoms with Crippen LogP contribution in [0.25, 0.3) is 0 Å². The van der Waals surface area contributed by atoms with Gasteiger partial charge < -0.3 is 15.1 Å². The fourth-order valence-electron chi connectivity index (χ4n) is 3.81. The Kier molecular flexibility index (Phi) is 8.25. The third-order valence-electron chi connectivity index (χ3n) is 5.78. The van der Waals surface area contributed by atoms with Crippen LogP contribution in [-0.2, 0) is 17.9 Å². The largest absolute Gasteiger partial charge is 0.356 e. The zero-order valence-corrected chi connectivity index (χ0v) is 20.1. The minimum Gasteiger partial charge on any atom is -0.356 e. The molecule has 1 aliphatic rings. The fourth-order valence-corrected chi connectivity index (χ4v) is 3.81. The van der Waals surface area contributed by atoms with Gasteiger partial charge in [-0.2, -0.15) is 5.10 Å². The Balaban J connectivity index is 1.67. The monoisotopic (exact) mass is 453 g/mol. The Morgan fingerprint density at radius 3 is 2.58 bits per heavy atom. The van der Waals surface area contributed by atoms with Gasteiger partial charge in [0.2, 0.25) is 5.91 Å².